The highest BCUT2D eigenvalue weighted by Crippen LogP contribution is 2.67. The third-order valence-corrected chi connectivity index (χ3v) is 5.63. The summed E-state index contributed by atoms with van der Waals surface area (Å²) in [5.41, 5.74) is 3.88. The Morgan fingerprint density at radius 1 is 1.05 bits per heavy atom. The number of aromatic nitrogens is 3. The van der Waals surface area contributed by atoms with Gasteiger partial charge in [-0.15, -0.1) is 0 Å². The summed E-state index contributed by atoms with van der Waals surface area (Å²) in [7, 11) is 0. The molecule has 1 aliphatic carbocycles. The molecule has 0 aliphatic heterocycles. The van der Waals surface area contributed by atoms with Crippen LogP contribution in [0.3, 0.4) is 0 Å². The van der Waals surface area contributed by atoms with Gasteiger partial charge in [0.05, 0.1) is 0 Å². The molecule has 2 N–H and O–H groups in total. The van der Waals surface area contributed by atoms with E-state index in [-0.39, 0.29) is 0 Å². The van der Waals surface area contributed by atoms with Crippen molar-refractivity contribution in [2.45, 2.75) is 34.2 Å². The van der Waals surface area contributed by atoms with E-state index in [9.17, 15) is 0 Å². The number of hydrogen-bond donors (Lipinski definition) is 2. The first-order valence-corrected chi connectivity index (χ1v) is 7.60. The first-order valence-electron chi connectivity index (χ1n) is 7.60. The average molecular weight is 284 g/mol. The average Bonchev–Trinajstić information content (AvgIpc) is 2.83. The molecule has 0 radical (unpaired) electrons. The Kier molecular flexibility index (Phi) is 3.36. The highest BCUT2D eigenvalue weighted by molar-refractivity contribution is 5.60. The van der Waals surface area contributed by atoms with Gasteiger partial charge in [-0.05, 0) is 23.3 Å². The summed E-state index contributed by atoms with van der Waals surface area (Å²) in [6.45, 7) is 11.2. The SMILES string of the molecule is CC1(C)C(CNCc2n[nH]nc2-c2ccccc2)C1(C)C. The summed E-state index contributed by atoms with van der Waals surface area (Å²) in [6.07, 6.45) is 0. The van der Waals surface area contributed by atoms with Crippen molar-refractivity contribution in [2.24, 2.45) is 16.7 Å². The highest BCUT2D eigenvalue weighted by atomic mass is 15.3. The smallest absolute Gasteiger partial charge is 0.117 e. The maximum absolute atomic E-state index is 4.28. The van der Waals surface area contributed by atoms with Crippen LogP contribution in [0.1, 0.15) is 33.4 Å². The largest absolute Gasteiger partial charge is 0.311 e. The van der Waals surface area contributed by atoms with Crippen LogP contribution in [0.25, 0.3) is 11.3 Å². The topological polar surface area (TPSA) is 53.6 Å². The molecule has 0 amide bonds. The van der Waals surface area contributed by atoms with Crippen molar-refractivity contribution >= 4 is 0 Å². The van der Waals surface area contributed by atoms with Crippen molar-refractivity contribution in [3.63, 3.8) is 0 Å². The Hall–Kier alpha value is -1.68. The van der Waals surface area contributed by atoms with E-state index < -0.39 is 0 Å². The number of aromatic amines is 1. The zero-order valence-corrected chi connectivity index (χ0v) is 13.3. The molecule has 21 heavy (non-hydrogen) atoms. The van der Waals surface area contributed by atoms with Gasteiger partial charge in [0.15, 0.2) is 0 Å². The molecule has 112 valence electrons. The van der Waals surface area contributed by atoms with Crippen LogP contribution in [0.5, 0.6) is 0 Å². The molecule has 1 saturated carbocycles. The fraction of sp³-hybridized carbons (Fsp3) is 0.529. The molecule has 3 rings (SSSR count). The first-order chi connectivity index (χ1) is 9.94. The van der Waals surface area contributed by atoms with E-state index in [0.717, 1.165) is 36.0 Å². The summed E-state index contributed by atoms with van der Waals surface area (Å²) >= 11 is 0. The van der Waals surface area contributed by atoms with Crippen LogP contribution >= 0.6 is 0 Å². The van der Waals surface area contributed by atoms with Gasteiger partial charge in [0.1, 0.15) is 11.4 Å². The van der Waals surface area contributed by atoms with Gasteiger partial charge >= 0.3 is 0 Å². The standard InChI is InChI=1S/C17H24N4/c1-16(2)14(17(16,3)4)11-18-10-13-15(20-21-19-13)12-8-6-5-7-9-12/h5-9,14,18H,10-11H2,1-4H3,(H,19,20,21). The second-order valence-electron chi connectivity index (χ2n) is 7.11. The van der Waals surface area contributed by atoms with E-state index in [1.807, 2.05) is 18.2 Å². The van der Waals surface area contributed by atoms with Crippen molar-refractivity contribution in [3.05, 3.63) is 36.0 Å². The van der Waals surface area contributed by atoms with Gasteiger partial charge in [-0.2, -0.15) is 15.4 Å². The molecule has 4 heteroatoms. The van der Waals surface area contributed by atoms with Crippen molar-refractivity contribution in [2.75, 3.05) is 6.54 Å². The molecule has 1 fully saturated rings. The summed E-state index contributed by atoms with van der Waals surface area (Å²) in [6, 6.07) is 10.2. The Bertz CT molecular complexity index is 599. The van der Waals surface area contributed by atoms with Gasteiger partial charge in [0, 0.05) is 12.1 Å². The summed E-state index contributed by atoms with van der Waals surface area (Å²) < 4.78 is 0. The van der Waals surface area contributed by atoms with Crippen LogP contribution in [0, 0.1) is 16.7 Å². The zero-order valence-electron chi connectivity index (χ0n) is 13.3. The maximum Gasteiger partial charge on any atom is 0.117 e. The lowest BCUT2D eigenvalue weighted by Gasteiger charge is -2.05. The molecule has 0 saturated heterocycles. The quantitative estimate of drug-likeness (QED) is 0.886. The Balaban J connectivity index is 1.62. The zero-order chi connectivity index (χ0) is 15.1. The summed E-state index contributed by atoms with van der Waals surface area (Å²) in [5.74, 6) is 0.720. The lowest BCUT2D eigenvalue weighted by Crippen LogP contribution is -2.19. The minimum atomic E-state index is 0.423. The molecule has 4 nitrogen and oxygen atoms in total. The number of H-pyrrole nitrogens is 1. The van der Waals surface area contributed by atoms with Crippen LogP contribution in [-0.2, 0) is 6.54 Å². The van der Waals surface area contributed by atoms with E-state index in [0.29, 0.717) is 10.8 Å². The highest BCUT2D eigenvalue weighted by Gasteiger charge is 2.63. The Morgan fingerprint density at radius 2 is 1.71 bits per heavy atom. The van der Waals surface area contributed by atoms with Crippen LogP contribution in [0.15, 0.2) is 30.3 Å². The second kappa shape index (κ2) is 4.95. The molecule has 0 spiro atoms. The van der Waals surface area contributed by atoms with Gasteiger partial charge in [-0.25, -0.2) is 0 Å². The summed E-state index contributed by atoms with van der Waals surface area (Å²) in [4.78, 5) is 0. The van der Waals surface area contributed by atoms with Crippen molar-refractivity contribution in [1.29, 1.82) is 0 Å². The second-order valence-corrected chi connectivity index (χ2v) is 7.11. The molecule has 0 bridgehead atoms. The third-order valence-electron chi connectivity index (χ3n) is 5.63. The van der Waals surface area contributed by atoms with E-state index in [2.05, 4.69) is 60.6 Å². The van der Waals surface area contributed by atoms with Crippen molar-refractivity contribution < 1.29 is 0 Å². The molecule has 2 aromatic rings. The lowest BCUT2D eigenvalue weighted by molar-refractivity contribution is 0.457. The number of hydrogen-bond acceptors (Lipinski definition) is 3. The van der Waals surface area contributed by atoms with Crippen LogP contribution in [-0.4, -0.2) is 22.0 Å². The molecule has 1 heterocycles. The lowest BCUT2D eigenvalue weighted by atomic mass is 10.0. The molecule has 0 atom stereocenters. The minimum Gasteiger partial charge on any atom is -0.311 e. The molecular formula is C17H24N4. The van der Waals surface area contributed by atoms with Crippen LogP contribution in [0.2, 0.25) is 0 Å². The predicted molar refractivity (Wildman–Crippen MR) is 84.6 cm³/mol. The van der Waals surface area contributed by atoms with E-state index >= 15 is 0 Å². The van der Waals surface area contributed by atoms with Gasteiger partial charge < -0.3 is 5.32 Å². The maximum atomic E-state index is 4.28. The molecular weight excluding hydrogens is 260 g/mol. The fourth-order valence-electron chi connectivity index (χ4n) is 3.38. The molecule has 0 unspecified atom stereocenters. The summed E-state index contributed by atoms with van der Waals surface area (Å²) in [5, 5.41) is 14.9. The van der Waals surface area contributed by atoms with Crippen molar-refractivity contribution in [3.8, 4) is 11.3 Å². The van der Waals surface area contributed by atoms with E-state index in [1.165, 1.54) is 0 Å². The fourth-order valence-corrected chi connectivity index (χ4v) is 3.38. The van der Waals surface area contributed by atoms with Crippen LogP contribution < -0.4 is 5.32 Å². The Labute approximate surface area is 126 Å². The van der Waals surface area contributed by atoms with Crippen molar-refractivity contribution in [1.82, 2.24) is 20.7 Å². The first kappa shape index (κ1) is 14.3. The van der Waals surface area contributed by atoms with Gasteiger partial charge in [-0.3, -0.25) is 0 Å². The third kappa shape index (κ3) is 2.38. The Morgan fingerprint density at radius 3 is 2.33 bits per heavy atom. The van der Waals surface area contributed by atoms with Gasteiger partial charge in [-0.1, -0.05) is 58.0 Å². The molecule has 1 aliphatic rings. The molecule has 1 aromatic heterocycles. The molecule has 1 aromatic carbocycles. The number of benzene rings is 1. The number of nitrogens with one attached hydrogen (secondary N) is 2. The minimum absolute atomic E-state index is 0.423. The number of rotatable bonds is 5. The van der Waals surface area contributed by atoms with E-state index in [4.69, 9.17) is 0 Å². The number of nitrogens with zero attached hydrogens (tertiary/aromatic N) is 2. The van der Waals surface area contributed by atoms with Gasteiger partial charge in [0.2, 0.25) is 0 Å². The normalized spacial score (nSPS) is 19.6. The van der Waals surface area contributed by atoms with Gasteiger partial charge in [0.25, 0.3) is 0 Å². The van der Waals surface area contributed by atoms with Crippen LogP contribution in [0.4, 0.5) is 0 Å². The predicted octanol–water partition coefficient (Wildman–Crippen LogP) is 3.24. The monoisotopic (exact) mass is 284 g/mol. The van der Waals surface area contributed by atoms with E-state index in [1.54, 1.807) is 0 Å².